The molecule has 3 N–H and O–H groups in total. The molecule has 1 heterocycles. The monoisotopic (exact) mass is 286 g/mol. The van der Waals surface area contributed by atoms with Gasteiger partial charge in [0.15, 0.2) is 5.82 Å². The maximum Gasteiger partial charge on any atom is 0.245 e. The van der Waals surface area contributed by atoms with E-state index in [0.717, 1.165) is 6.42 Å². The number of nitrogen functional groups attached to an aromatic ring is 1. The largest absolute Gasteiger partial charge is 0.381 e. The molecule has 7 heteroatoms. The Morgan fingerprint density at radius 2 is 2.26 bits per heavy atom. The minimum atomic E-state index is -3.55. The molecule has 108 valence electrons. The molecule has 0 bridgehead atoms. The lowest BCUT2D eigenvalue weighted by molar-refractivity contribution is 0.414. The fourth-order valence-corrected chi connectivity index (χ4v) is 3.77. The molecule has 1 saturated carbocycles. The molecule has 6 nitrogen and oxygen atoms in total. The fraction of sp³-hybridized carbons (Fsp3) is 0.750. The van der Waals surface area contributed by atoms with Crippen LogP contribution in [0.1, 0.15) is 33.1 Å². The van der Waals surface area contributed by atoms with Crippen molar-refractivity contribution in [3.05, 3.63) is 6.20 Å². The molecule has 1 aromatic rings. The van der Waals surface area contributed by atoms with Gasteiger partial charge in [0, 0.05) is 19.3 Å². The van der Waals surface area contributed by atoms with Crippen molar-refractivity contribution in [1.82, 2.24) is 14.5 Å². The third-order valence-corrected chi connectivity index (χ3v) is 5.38. The fourth-order valence-electron chi connectivity index (χ4n) is 2.61. The van der Waals surface area contributed by atoms with Gasteiger partial charge in [-0.1, -0.05) is 19.8 Å². The zero-order chi connectivity index (χ0) is 14.0. The summed E-state index contributed by atoms with van der Waals surface area (Å²) in [6, 6.07) is 0. The smallest absolute Gasteiger partial charge is 0.245 e. The van der Waals surface area contributed by atoms with E-state index in [1.165, 1.54) is 23.7 Å². The average molecular weight is 286 g/mol. The van der Waals surface area contributed by atoms with Gasteiger partial charge in [-0.2, -0.15) is 5.10 Å². The van der Waals surface area contributed by atoms with Crippen LogP contribution in [0, 0.1) is 11.8 Å². The number of hydrogen-bond donors (Lipinski definition) is 2. The van der Waals surface area contributed by atoms with Gasteiger partial charge in [0.25, 0.3) is 0 Å². The van der Waals surface area contributed by atoms with E-state index in [2.05, 4.69) is 16.7 Å². The van der Waals surface area contributed by atoms with Gasteiger partial charge in [0.1, 0.15) is 4.90 Å². The van der Waals surface area contributed by atoms with Gasteiger partial charge in [0.05, 0.1) is 0 Å². The zero-order valence-corrected chi connectivity index (χ0v) is 12.3. The van der Waals surface area contributed by atoms with E-state index in [1.54, 1.807) is 0 Å². The Balaban J connectivity index is 2.07. The Bertz CT molecular complexity index is 538. The quantitative estimate of drug-likeness (QED) is 0.851. The molecule has 2 atom stereocenters. The molecule has 0 aliphatic heterocycles. The molecule has 0 amide bonds. The summed E-state index contributed by atoms with van der Waals surface area (Å²) in [6.45, 7) is 5.14. The Morgan fingerprint density at radius 1 is 1.53 bits per heavy atom. The normalized spacial score (nSPS) is 23.9. The van der Waals surface area contributed by atoms with Crippen LogP contribution in [0.2, 0.25) is 0 Å². The van der Waals surface area contributed by atoms with Gasteiger partial charge in [-0.3, -0.25) is 4.68 Å². The maximum absolute atomic E-state index is 12.2. The number of nitrogens with zero attached hydrogens (tertiary/aromatic N) is 2. The standard InChI is InChI=1S/C12H22N4O2S/c1-3-16-8-11(12(13)15-16)19(17,18)14-7-10-6-4-5-9(10)2/h8-10,14H,3-7H2,1-2H3,(H2,13,15). The predicted molar refractivity (Wildman–Crippen MR) is 74.0 cm³/mol. The van der Waals surface area contributed by atoms with Crippen molar-refractivity contribution >= 4 is 15.8 Å². The summed E-state index contributed by atoms with van der Waals surface area (Å²) in [5.41, 5.74) is 5.66. The molecule has 0 radical (unpaired) electrons. The first-order valence-corrected chi connectivity index (χ1v) is 8.25. The SMILES string of the molecule is CCn1cc(S(=O)(=O)NCC2CCCC2C)c(N)n1. The highest BCUT2D eigenvalue weighted by Gasteiger charge is 2.27. The molecule has 0 saturated heterocycles. The number of sulfonamides is 1. The van der Waals surface area contributed by atoms with E-state index in [4.69, 9.17) is 5.73 Å². The Hall–Kier alpha value is -1.08. The molecule has 1 fully saturated rings. The summed E-state index contributed by atoms with van der Waals surface area (Å²) in [4.78, 5) is 0.0833. The summed E-state index contributed by atoms with van der Waals surface area (Å²) >= 11 is 0. The number of nitrogens with one attached hydrogen (secondary N) is 1. The van der Waals surface area contributed by atoms with Crippen molar-refractivity contribution in [2.24, 2.45) is 11.8 Å². The lowest BCUT2D eigenvalue weighted by Crippen LogP contribution is -2.30. The Labute approximate surface area is 114 Å². The number of rotatable bonds is 5. The van der Waals surface area contributed by atoms with Gasteiger partial charge in [0.2, 0.25) is 10.0 Å². The van der Waals surface area contributed by atoms with Crippen molar-refractivity contribution in [2.75, 3.05) is 12.3 Å². The summed E-state index contributed by atoms with van der Waals surface area (Å²) < 4.78 is 28.6. The van der Waals surface area contributed by atoms with E-state index in [-0.39, 0.29) is 10.7 Å². The van der Waals surface area contributed by atoms with Crippen molar-refractivity contribution in [1.29, 1.82) is 0 Å². The van der Waals surface area contributed by atoms with E-state index in [9.17, 15) is 8.42 Å². The molecular weight excluding hydrogens is 264 g/mol. The topological polar surface area (TPSA) is 90.0 Å². The van der Waals surface area contributed by atoms with E-state index in [1.807, 2.05) is 6.92 Å². The van der Waals surface area contributed by atoms with E-state index < -0.39 is 10.0 Å². The number of nitrogens with two attached hydrogens (primary N) is 1. The molecule has 0 spiro atoms. The first kappa shape index (κ1) is 14.3. The third kappa shape index (κ3) is 3.09. The number of aromatic nitrogens is 2. The Morgan fingerprint density at radius 3 is 2.79 bits per heavy atom. The van der Waals surface area contributed by atoms with Crippen LogP contribution in [0.5, 0.6) is 0 Å². The van der Waals surface area contributed by atoms with Gasteiger partial charge >= 0.3 is 0 Å². The van der Waals surface area contributed by atoms with Crippen LogP contribution in [0.15, 0.2) is 11.1 Å². The van der Waals surface area contributed by atoms with Crippen molar-refractivity contribution in [2.45, 2.75) is 44.6 Å². The predicted octanol–water partition coefficient (Wildman–Crippen LogP) is 1.20. The van der Waals surface area contributed by atoms with Crippen LogP contribution in [0.25, 0.3) is 0 Å². The van der Waals surface area contributed by atoms with E-state index in [0.29, 0.717) is 24.9 Å². The van der Waals surface area contributed by atoms with Gasteiger partial charge in [-0.05, 0) is 25.2 Å². The first-order valence-electron chi connectivity index (χ1n) is 6.76. The minimum absolute atomic E-state index is 0.0637. The molecule has 0 aromatic carbocycles. The Kier molecular flexibility index (Phi) is 4.15. The highest BCUT2D eigenvalue weighted by molar-refractivity contribution is 7.89. The zero-order valence-electron chi connectivity index (χ0n) is 11.5. The number of hydrogen-bond acceptors (Lipinski definition) is 4. The van der Waals surface area contributed by atoms with Crippen LogP contribution in [-0.2, 0) is 16.6 Å². The summed E-state index contributed by atoms with van der Waals surface area (Å²) in [5, 5.41) is 3.97. The summed E-state index contributed by atoms with van der Waals surface area (Å²) in [5.74, 6) is 1.07. The molecule has 1 aromatic heterocycles. The number of aryl methyl sites for hydroxylation is 1. The lowest BCUT2D eigenvalue weighted by Gasteiger charge is -2.15. The molecule has 1 aliphatic rings. The molecule has 1 aliphatic carbocycles. The second-order valence-corrected chi connectivity index (χ2v) is 6.99. The van der Waals surface area contributed by atoms with Crippen LogP contribution >= 0.6 is 0 Å². The second kappa shape index (κ2) is 5.50. The molecular formula is C12H22N4O2S. The molecule has 19 heavy (non-hydrogen) atoms. The van der Waals surface area contributed by atoms with Crippen LogP contribution in [0.3, 0.4) is 0 Å². The average Bonchev–Trinajstić information content (AvgIpc) is 2.93. The van der Waals surface area contributed by atoms with Crippen molar-refractivity contribution in [3.63, 3.8) is 0 Å². The van der Waals surface area contributed by atoms with E-state index >= 15 is 0 Å². The lowest BCUT2D eigenvalue weighted by atomic mass is 9.99. The van der Waals surface area contributed by atoms with Gasteiger partial charge in [-0.15, -0.1) is 0 Å². The van der Waals surface area contributed by atoms with Crippen LogP contribution in [-0.4, -0.2) is 24.7 Å². The first-order chi connectivity index (χ1) is 8.94. The summed E-state index contributed by atoms with van der Waals surface area (Å²) in [6.07, 6.45) is 4.94. The van der Waals surface area contributed by atoms with Crippen LogP contribution < -0.4 is 10.5 Å². The second-order valence-electron chi connectivity index (χ2n) is 5.25. The maximum atomic E-state index is 12.2. The van der Waals surface area contributed by atoms with Gasteiger partial charge in [-0.25, -0.2) is 13.1 Å². The highest BCUT2D eigenvalue weighted by Crippen LogP contribution is 2.30. The van der Waals surface area contributed by atoms with Crippen LogP contribution in [0.4, 0.5) is 5.82 Å². The summed E-state index contributed by atoms with van der Waals surface area (Å²) in [7, 11) is -3.55. The van der Waals surface area contributed by atoms with Gasteiger partial charge < -0.3 is 5.73 Å². The molecule has 2 rings (SSSR count). The third-order valence-electron chi connectivity index (χ3n) is 3.94. The minimum Gasteiger partial charge on any atom is -0.381 e. The number of anilines is 1. The van der Waals surface area contributed by atoms with Crippen molar-refractivity contribution in [3.8, 4) is 0 Å². The van der Waals surface area contributed by atoms with Crippen molar-refractivity contribution < 1.29 is 8.42 Å². The highest BCUT2D eigenvalue weighted by atomic mass is 32.2. The molecule has 2 unspecified atom stereocenters.